The van der Waals surface area contributed by atoms with Crippen LogP contribution in [0.5, 0.6) is 0 Å². The van der Waals surface area contributed by atoms with E-state index in [9.17, 15) is 9.18 Å². The number of benzene rings is 2. The van der Waals surface area contributed by atoms with Gasteiger partial charge in [0, 0.05) is 12.6 Å². The van der Waals surface area contributed by atoms with Crippen molar-refractivity contribution in [3.63, 3.8) is 0 Å². The van der Waals surface area contributed by atoms with Crippen LogP contribution >= 0.6 is 0 Å². The molecule has 0 bridgehead atoms. The van der Waals surface area contributed by atoms with Crippen LogP contribution in [0.1, 0.15) is 44.4 Å². The average Bonchev–Trinajstić information content (AvgIpc) is 2.63. The van der Waals surface area contributed by atoms with Gasteiger partial charge in [-0.1, -0.05) is 43.7 Å². The molecule has 134 valence electrons. The molecule has 0 atom stereocenters. The molecular weight excluding hydrogens is 313 g/mol. The molecule has 0 aromatic heterocycles. The zero-order valence-electron chi connectivity index (χ0n) is 16.3. The highest BCUT2D eigenvalue weighted by atomic mass is 19.1. The number of amides is 1. The number of carbonyl (C=O) groups excluding carboxylic acids is 1. The van der Waals surface area contributed by atoms with Gasteiger partial charge in [0.1, 0.15) is 5.82 Å². The number of rotatable bonds is 3. The lowest BCUT2D eigenvalue weighted by Crippen LogP contribution is -2.19. The Balaban J connectivity index is 0.00000151. The van der Waals surface area contributed by atoms with Crippen LogP contribution in [0.4, 0.5) is 4.39 Å². The lowest BCUT2D eigenvalue weighted by atomic mass is 9.91. The van der Waals surface area contributed by atoms with E-state index < -0.39 is 0 Å². The Morgan fingerprint density at radius 1 is 1.00 bits per heavy atom. The molecule has 3 heteroatoms. The van der Waals surface area contributed by atoms with Crippen molar-refractivity contribution in [1.82, 2.24) is 5.32 Å². The van der Waals surface area contributed by atoms with Gasteiger partial charge in [0.05, 0.1) is 0 Å². The van der Waals surface area contributed by atoms with E-state index in [2.05, 4.69) is 5.32 Å². The summed E-state index contributed by atoms with van der Waals surface area (Å²) in [5, 5.41) is 2.61. The first kappa shape index (κ1) is 20.6. The van der Waals surface area contributed by atoms with Crippen LogP contribution in [-0.2, 0) is 4.79 Å². The summed E-state index contributed by atoms with van der Waals surface area (Å²) in [6, 6.07) is 11.0. The molecule has 0 saturated heterocycles. The van der Waals surface area contributed by atoms with Gasteiger partial charge in [-0.2, -0.15) is 0 Å². The SMILES string of the molecule is CC.CNC(=O)/C(C)=C(\C)c1cc(F)cc(-c2ccc(C)cc2)c1C. The minimum absolute atomic E-state index is 0.150. The number of hydrogen-bond acceptors (Lipinski definition) is 1. The zero-order valence-corrected chi connectivity index (χ0v) is 16.3. The second-order valence-corrected chi connectivity index (χ2v) is 5.82. The third-order valence-corrected chi connectivity index (χ3v) is 4.27. The third-order valence-electron chi connectivity index (χ3n) is 4.27. The fraction of sp³-hybridized carbons (Fsp3) is 0.318. The zero-order chi connectivity index (χ0) is 19.1. The second kappa shape index (κ2) is 9.16. The van der Waals surface area contributed by atoms with Gasteiger partial charge in [-0.15, -0.1) is 0 Å². The Hall–Kier alpha value is -2.42. The van der Waals surface area contributed by atoms with Crippen LogP contribution in [0.2, 0.25) is 0 Å². The fourth-order valence-corrected chi connectivity index (χ4v) is 2.66. The highest BCUT2D eigenvalue weighted by molar-refractivity contribution is 6.00. The van der Waals surface area contributed by atoms with E-state index in [0.29, 0.717) is 5.57 Å². The van der Waals surface area contributed by atoms with E-state index in [1.54, 1.807) is 20.0 Å². The Kier molecular flexibility index (Phi) is 7.56. The predicted octanol–water partition coefficient (Wildman–Crippen LogP) is 5.68. The van der Waals surface area contributed by atoms with E-state index in [1.165, 1.54) is 6.07 Å². The lowest BCUT2D eigenvalue weighted by Gasteiger charge is -2.15. The van der Waals surface area contributed by atoms with Gasteiger partial charge in [-0.3, -0.25) is 4.79 Å². The summed E-state index contributed by atoms with van der Waals surface area (Å²) in [5.74, 6) is -0.451. The number of allylic oxidation sites excluding steroid dienone is 1. The second-order valence-electron chi connectivity index (χ2n) is 5.82. The molecule has 2 rings (SSSR count). The van der Waals surface area contributed by atoms with E-state index in [-0.39, 0.29) is 11.7 Å². The van der Waals surface area contributed by atoms with Crippen molar-refractivity contribution in [3.8, 4) is 11.1 Å². The van der Waals surface area contributed by atoms with E-state index in [0.717, 1.165) is 33.4 Å². The minimum Gasteiger partial charge on any atom is -0.355 e. The van der Waals surface area contributed by atoms with Crippen molar-refractivity contribution < 1.29 is 9.18 Å². The summed E-state index contributed by atoms with van der Waals surface area (Å²) in [7, 11) is 1.59. The van der Waals surface area contributed by atoms with Crippen LogP contribution in [0.15, 0.2) is 42.0 Å². The molecule has 0 heterocycles. The first-order valence-corrected chi connectivity index (χ1v) is 8.62. The summed E-state index contributed by atoms with van der Waals surface area (Å²) in [5.41, 5.74) is 6.10. The van der Waals surface area contributed by atoms with Gasteiger partial charge in [-0.25, -0.2) is 4.39 Å². The minimum atomic E-state index is -0.301. The Labute approximate surface area is 150 Å². The van der Waals surface area contributed by atoms with Crippen LogP contribution in [0, 0.1) is 19.7 Å². The van der Waals surface area contributed by atoms with Crippen molar-refractivity contribution in [2.75, 3.05) is 7.05 Å². The Morgan fingerprint density at radius 2 is 1.56 bits per heavy atom. The molecule has 0 aliphatic heterocycles. The molecule has 0 aliphatic rings. The normalized spacial score (nSPS) is 11.2. The number of nitrogens with one attached hydrogen (secondary N) is 1. The Morgan fingerprint density at radius 3 is 2.08 bits per heavy atom. The summed E-state index contributed by atoms with van der Waals surface area (Å²) >= 11 is 0. The smallest absolute Gasteiger partial charge is 0.246 e. The molecule has 1 N–H and O–H groups in total. The maximum absolute atomic E-state index is 14.2. The maximum Gasteiger partial charge on any atom is 0.246 e. The molecule has 2 aromatic carbocycles. The molecule has 25 heavy (non-hydrogen) atoms. The van der Waals surface area contributed by atoms with Gasteiger partial charge in [-0.05, 0) is 67.7 Å². The Bertz CT molecular complexity index is 773. The predicted molar refractivity (Wildman–Crippen MR) is 105 cm³/mol. The molecule has 2 nitrogen and oxygen atoms in total. The monoisotopic (exact) mass is 341 g/mol. The number of hydrogen-bond donors (Lipinski definition) is 1. The van der Waals surface area contributed by atoms with E-state index in [4.69, 9.17) is 0 Å². The molecule has 0 radical (unpaired) electrons. The summed E-state index contributed by atoms with van der Waals surface area (Å²) in [4.78, 5) is 11.9. The van der Waals surface area contributed by atoms with Gasteiger partial charge >= 0.3 is 0 Å². The molecule has 0 unspecified atom stereocenters. The fourth-order valence-electron chi connectivity index (χ4n) is 2.66. The van der Waals surface area contributed by atoms with Gasteiger partial charge in [0.25, 0.3) is 0 Å². The van der Waals surface area contributed by atoms with Crippen molar-refractivity contribution in [1.29, 1.82) is 0 Å². The van der Waals surface area contributed by atoms with Crippen LogP contribution in [0.3, 0.4) is 0 Å². The molecule has 0 fully saturated rings. The summed E-state index contributed by atoms with van der Waals surface area (Å²) in [6.07, 6.45) is 0. The van der Waals surface area contributed by atoms with Crippen LogP contribution < -0.4 is 5.32 Å². The van der Waals surface area contributed by atoms with Gasteiger partial charge in [0.2, 0.25) is 5.91 Å². The maximum atomic E-state index is 14.2. The number of carbonyl (C=O) groups is 1. The molecule has 0 spiro atoms. The summed E-state index contributed by atoms with van der Waals surface area (Å²) < 4.78 is 14.2. The average molecular weight is 341 g/mol. The van der Waals surface area contributed by atoms with Crippen molar-refractivity contribution in [3.05, 3.63) is 64.5 Å². The molecule has 0 aliphatic carbocycles. The standard InChI is InChI=1S/C20H22FNO.C2H6/c1-12-6-8-16(9-7-12)19-11-17(21)10-18(15(19)4)13(2)14(3)20(23)22-5;1-2/h6-11H,1-5H3,(H,22,23);1-2H3/b14-13+;. The van der Waals surface area contributed by atoms with Crippen LogP contribution in [0.25, 0.3) is 16.7 Å². The molecule has 1 amide bonds. The largest absolute Gasteiger partial charge is 0.355 e. The molecule has 2 aromatic rings. The third kappa shape index (κ3) is 4.79. The molecule has 0 saturated carbocycles. The van der Waals surface area contributed by atoms with Crippen molar-refractivity contribution in [2.45, 2.75) is 41.5 Å². The first-order chi connectivity index (χ1) is 11.8. The highest BCUT2D eigenvalue weighted by Gasteiger charge is 2.14. The highest BCUT2D eigenvalue weighted by Crippen LogP contribution is 2.32. The lowest BCUT2D eigenvalue weighted by molar-refractivity contribution is -0.116. The quantitative estimate of drug-likeness (QED) is 0.716. The topological polar surface area (TPSA) is 29.1 Å². The van der Waals surface area contributed by atoms with E-state index >= 15 is 0 Å². The van der Waals surface area contributed by atoms with Gasteiger partial charge in [0.15, 0.2) is 0 Å². The first-order valence-electron chi connectivity index (χ1n) is 8.62. The van der Waals surface area contributed by atoms with Crippen LogP contribution in [-0.4, -0.2) is 13.0 Å². The van der Waals surface area contributed by atoms with E-state index in [1.807, 2.05) is 58.9 Å². The van der Waals surface area contributed by atoms with Gasteiger partial charge < -0.3 is 5.32 Å². The number of halogens is 1. The number of aryl methyl sites for hydroxylation is 1. The number of likely N-dealkylation sites (N-methyl/N-ethyl adjacent to an activating group) is 1. The molecular formula is C22H28FNO. The van der Waals surface area contributed by atoms with Crippen molar-refractivity contribution in [2.24, 2.45) is 0 Å². The summed E-state index contributed by atoms with van der Waals surface area (Å²) in [6.45, 7) is 11.6. The van der Waals surface area contributed by atoms with Crippen molar-refractivity contribution >= 4 is 11.5 Å².